The Morgan fingerprint density at radius 3 is 2.68 bits per heavy atom. The average molecular weight is 390 g/mol. The Labute approximate surface area is 162 Å². The van der Waals surface area contributed by atoms with Crippen molar-refractivity contribution in [3.63, 3.8) is 0 Å². The summed E-state index contributed by atoms with van der Waals surface area (Å²) in [6, 6.07) is 6.61. The molecule has 1 aliphatic rings. The highest BCUT2D eigenvalue weighted by molar-refractivity contribution is 5.75. The first-order chi connectivity index (χ1) is 13.4. The van der Waals surface area contributed by atoms with Crippen molar-refractivity contribution in [2.45, 2.75) is 19.5 Å². The number of ether oxygens (including phenoxy) is 3. The van der Waals surface area contributed by atoms with E-state index in [1.165, 1.54) is 32.4 Å². The molecular formula is C20H23FN2O5. The molecule has 2 N–H and O–H groups in total. The number of rotatable bonds is 4. The molecule has 1 atom stereocenters. The molecule has 0 unspecified atom stereocenters. The molecule has 7 nitrogen and oxygen atoms in total. The third-order valence-electron chi connectivity index (χ3n) is 4.63. The number of urea groups is 1. The molecule has 2 amide bonds. The van der Waals surface area contributed by atoms with E-state index in [2.05, 4.69) is 5.32 Å². The summed E-state index contributed by atoms with van der Waals surface area (Å²) in [6.07, 6.45) is 0. The van der Waals surface area contributed by atoms with Crippen molar-refractivity contribution in [2.75, 3.05) is 27.4 Å². The molecule has 2 aromatic rings. The van der Waals surface area contributed by atoms with E-state index in [4.69, 9.17) is 14.2 Å². The first-order valence-corrected chi connectivity index (χ1v) is 8.84. The number of phenolic OH excluding ortho intramolecular Hbond substituents is 1. The zero-order valence-electron chi connectivity index (χ0n) is 16.0. The van der Waals surface area contributed by atoms with Gasteiger partial charge in [-0.1, -0.05) is 0 Å². The van der Waals surface area contributed by atoms with Gasteiger partial charge in [-0.2, -0.15) is 0 Å². The minimum Gasteiger partial charge on any atom is -0.508 e. The highest BCUT2D eigenvalue weighted by atomic mass is 19.1. The zero-order chi connectivity index (χ0) is 20.3. The van der Waals surface area contributed by atoms with Crippen LogP contribution < -0.4 is 19.5 Å². The number of hydrogen-bond donors (Lipinski definition) is 2. The monoisotopic (exact) mass is 390 g/mol. The van der Waals surface area contributed by atoms with E-state index in [-0.39, 0.29) is 17.5 Å². The summed E-state index contributed by atoms with van der Waals surface area (Å²) in [5.41, 5.74) is 1.08. The van der Waals surface area contributed by atoms with Gasteiger partial charge in [-0.05, 0) is 25.1 Å². The SMILES string of the molecule is COc1cc(F)c([C@H](C)NC(=O)N2CCOc3cc(O)ccc3C2)cc1OC. The Morgan fingerprint density at radius 2 is 1.96 bits per heavy atom. The van der Waals surface area contributed by atoms with Gasteiger partial charge in [0.05, 0.1) is 33.4 Å². The smallest absolute Gasteiger partial charge is 0.318 e. The van der Waals surface area contributed by atoms with Crippen LogP contribution in [0.5, 0.6) is 23.0 Å². The number of nitrogens with zero attached hydrogens (tertiary/aromatic N) is 1. The molecule has 0 aromatic heterocycles. The van der Waals surface area contributed by atoms with E-state index in [1.54, 1.807) is 24.0 Å². The summed E-state index contributed by atoms with van der Waals surface area (Å²) >= 11 is 0. The van der Waals surface area contributed by atoms with E-state index in [0.717, 1.165) is 5.56 Å². The Bertz CT molecular complexity index is 874. The van der Waals surface area contributed by atoms with Crippen molar-refractivity contribution in [1.82, 2.24) is 10.2 Å². The predicted octanol–water partition coefficient (Wildman–Crippen LogP) is 3.21. The number of amides is 2. The van der Waals surface area contributed by atoms with Gasteiger partial charge < -0.3 is 29.5 Å². The molecule has 1 heterocycles. The normalized spacial score (nSPS) is 14.4. The Hall–Kier alpha value is -3.16. The molecule has 0 fully saturated rings. The molecule has 0 aliphatic carbocycles. The van der Waals surface area contributed by atoms with E-state index < -0.39 is 11.9 Å². The summed E-state index contributed by atoms with van der Waals surface area (Å²) in [7, 11) is 2.90. The second-order valence-corrected chi connectivity index (χ2v) is 6.46. The number of benzene rings is 2. The number of aromatic hydroxyl groups is 1. The van der Waals surface area contributed by atoms with E-state index in [1.807, 2.05) is 0 Å². The van der Waals surface area contributed by atoms with Crippen LogP contribution in [0, 0.1) is 5.82 Å². The number of fused-ring (bicyclic) bond motifs is 1. The quantitative estimate of drug-likeness (QED) is 0.838. The summed E-state index contributed by atoms with van der Waals surface area (Å²) in [5.74, 6) is 0.831. The number of phenols is 1. The van der Waals surface area contributed by atoms with Crippen molar-refractivity contribution in [3.8, 4) is 23.0 Å². The largest absolute Gasteiger partial charge is 0.508 e. The topological polar surface area (TPSA) is 80.3 Å². The van der Waals surface area contributed by atoms with Gasteiger partial charge in [0.25, 0.3) is 0 Å². The summed E-state index contributed by atoms with van der Waals surface area (Å²) in [6.45, 7) is 2.68. The van der Waals surface area contributed by atoms with Crippen molar-refractivity contribution in [3.05, 3.63) is 47.3 Å². The second kappa shape index (κ2) is 8.24. The lowest BCUT2D eigenvalue weighted by molar-refractivity contribution is 0.184. The van der Waals surface area contributed by atoms with Crippen LogP contribution in [0.15, 0.2) is 30.3 Å². The highest BCUT2D eigenvalue weighted by Crippen LogP contribution is 2.32. The second-order valence-electron chi connectivity index (χ2n) is 6.46. The van der Waals surface area contributed by atoms with E-state index >= 15 is 0 Å². The molecule has 1 aliphatic heterocycles. The van der Waals surface area contributed by atoms with Crippen LogP contribution >= 0.6 is 0 Å². The van der Waals surface area contributed by atoms with Gasteiger partial charge in [-0.3, -0.25) is 0 Å². The number of hydrogen-bond acceptors (Lipinski definition) is 5. The molecule has 0 saturated carbocycles. The van der Waals surface area contributed by atoms with Gasteiger partial charge in [-0.15, -0.1) is 0 Å². The van der Waals surface area contributed by atoms with Crippen molar-refractivity contribution in [2.24, 2.45) is 0 Å². The maximum atomic E-state index is 14.5. The minimum atomic E-state index is -0.587. The lowest BCUT2D eigenvalue weighted by atomic mass is 10.1. The van der Waals surface area contributed by atoms with Crippen LogP contribution in [0.4, 0.5) is 9.18 Å². The zero-order valence-corrected chi connectivity index (χ0v) is 16.0. The average Bonchev–Trinajstić information content (AvgIpc) is 2.89. The molecule has 0 radical (unpaired) electrons. The standard InChI is InChI=1S/C20H23FN2O5/c1-12(15-9-18(26-2)19(27-3)10-16(15)21)22-20(25)23-6-7-28-17-8-14(24)5-4-13(17)11-23/h4-5,8-10,12,24H,6-7,11H2,1-3H3,(H,22,25)/t12-/m0/s1. The summed E-state index contributed by atoms with van der Waals surface area (Å²) in [4.78, 5) is 14.3. The van der Waals surface area contributed by atoms with Gasteiger partial charge in [0.15, 0.2) is 11.5 Å². The van der Waals surface area contributed by atoms with Gasteiger partial charge in [-0.25, -0.2) is 9.18 Å². The van der Waals surface area contributed by atoms with Crippen LogP contribution in [-0.4, -0.2) is 43.4 Å². The number of carbonyl (C=O) groups is 1. The summed E-state index contributed by atoms with van der Waals surface area (Å²) < 4.78 is 30.4. The minimum absolute atomic E-state index is 0.106. The summed E-state index contributed by atoms with van der Waals surface area (Å²) in [5, 5.41) is 12.4. The third-order valence-corrected chi connectivity index (χ3v) is 4.63. The number of carbonyl (C=O) groups excluding carboxylic acids is 1. The lowest BCUT2D eigenvalue weighted by Gasteiger charge is -2.24. The molecule has 0 saturated heterocycles. The molecule has 0 bridgehead atoms. The lowest BCUT2D eigenvalue weighted by Crippen LogP contribution is -2.41. The fraction of sp³-hybridized carbons (Fsp3) is 0.350. The highest BCUT2D eigenvalue weighted by Gasteiger charge is 2.23. The molecule has 2 aromatic carbocycles. The van der Waals surface area contributed by atoms with Crippen LogP contribution in [0.3, 0.4) is 0 Å². The Morgan fingerprint density at radius 1 is 1.25 bits per heavy atom. The van der Waals surface area contributed by atoms with Gasteiger partial charge in [0.2, 0.25) is 0 Å². The molecule has 150 valence electrons. The fourth-order valence-electron chi connectivity index (χ4n) is 3.09. The molecular weight excluding hydrogens is 367 g/mol. The maximum Gasteiger partial charge on any atom is 0.318 e. The van der Waals surface area contributed by atoms with Crippen LogP contribution in [0.1, 0.15) is 24.1 Å². The molecule has 8 heteroatoms. The van der Waals surface area contributed by atoms with Crippen molar-refractivity contribution in [1.29, 1.82) is 0 Å². The third kappa shape index (κ3) is 4.05. The van der Waals surface area contributed by atoms with Gasteiger partial charge in [0, 0.05) is 23.3 Å². The van der Waals surface area contributed by atoms with Crippen molar-refractivity contribution >= 4 is 6.03 Å². The number of nitrogens with one attached hydrogen (secondary N) is 1. The number of halogens is 1. The molecule has 0 spiro atoms. The van der Waals surface area contributed by atoms with Crippen LogP contribution in [-0.2, 0) is 6.54 Å². The molecule has 28 heavy (non-hydrogen) atoms. The van der Waals surface area contributed by atoms with E-state index in [9.17, 15) is 14.3 Å². The Kier molecular flexibility index (Phi) is 5.77. The Balaban J connectivity index is 1.74. The van der Waals surface area contributed by atoms with Crippen molar-refractivity contribution < 1.29 is 28.5 Å². The number of methoxy groups -OCH3 is 2. The van der Waals surface area contributed by atoms with Gasteiger partial charge in [0.1, 0.15) is 23.9 Å². The van der Waals surface area contributed by atoms with Gasteiger partial charge >= 0.3 is 6.03 Å². The van der Waals surface area contributed by atoms with E-state index in [0.29, 0.717) is 36.8 Å². The van der Waals surface area contributed by atoms with Crippen LogP contribution in [0.25, 0.3) is 0 Å². The first-order valence-electron chi connectivity index (χ1n) is 8.84. The maximum absolute atomic E-state index is 14.5. The predicted molar refractivity (Wildman–Crippen MR) is 100 cm³/mol. The fourth-order valence-corrected chi connectivity index (χ4v) is 3.09. The first kappa shape index (κ1) is 19.6. The molecule has 3 rings (SSSR count). The van der Waals surface area contributed by atoms with Crippen LogP contribution in [0.2, 0.25) is 0 Å².